The summed E-state index contributed by atoms with van der Waals surface area (Å²) in [7, 11) is 0. The van der Waals surface area contributed by atoms with Crippen LogP contribution >= 0.6 is 0 Å². The van der Waals surface area contributed by atoms with Crippen LogP contribution in [0.1, 0.15) is 52.0 Å². The zero-order valence-corrected chi connectivity index (χ0v) is 15.6. The topological polar surface area (TPSA) is 72.1 Å². The fourth-order valence-corrected chi connectivity index (χ4v) is 3.58. The third-order valence-corrected chi connectivity index (χ3v) is 5.04. The summed E-state index contributed by atoms with van der Waals surface area (Å²) >= 11 is 0. The largest absolute Gasteiger partial charge is 0.445 e. The van der Waals surface area contributed by atoms with Crippen molar-refractivity contribution < 1.29 is 13.6 Å². The molecule has 0 radical (unpaired) electrons. The molecule has 1 aliphatic heterocycles. The van der Waals surface area contributed by atoms with Gasteiger partial charge in [0.15, 0.2) is 5.89 Å². The van der Waals surface area contributed by atoms with Crippen LogP contribution in [0.2, 0.25) is 0 Å². The van der Waals surface area contributed by atoms with Gasteiger partial charge >= 0.3 is 0 Å². The molecule has 0 bridgehead atoms. The molecule has 6 nitrogen and oxygen atoms in total. The van der Waals surface area contributed by atoms with Gasteiger partial charge in [-0.25, -0.2) is 19.3 Å². The molecule has 1 aromatic carbocycles. The zero-order valence-electron chi connectivity index (χ0n) is 15.6. The van der Waals surface area contributed by atoms with E-state index in [-0.39, 0.29) is 17.6 Å². The molecule has 0 N–H and O–H groups in total. The van der Waals surface area contributed by atoms with Crippen LogP contribution in [0, 0.1) is 12.7 Å². The van der Waals surface area contributed by atoms with Gasteiger partial charge in [0.25, 0.3) is 5.91 Å². The van der Waals surface area contributed by atoms with Gasteiger partial charge in [-0.3, -0.25) is 4.79 Å². The van der Waals surface area contributed by atoms with E-state index in [2.05, 4.69) is 15.0 Å². The summed E-state index contributed by atoms with van der Waals surface area (Å²) in [4.78, 5) is 27.1. The number of nitrogens with zero attached hydrogens (tertiary/aromatic N) is 4. The second-order valence-corrected chi connectivity index (χ2v) is 7.08. The minimum Gasteiger partial charge on any atom is -0.445 e. The van der Waals surface area contributed by atoms with E-state index in [4.69, 9.17) is 4.42 Å². The van der Waals surface area contributed by atoms with E-state index in [1.165, 1.54) is 18.5 Å². The number of carbonyl (C=O) groups is 1. The van der Waals surface area contributed by atoms with Crippen LogP contribution in [0.4, 0.5) is 4.39 Å². The Morgan fingerprint density at radius 1 is 1.32 bits per heavy atom. The van der Waals surface area contributed by atoms with Gasteiger partial charge in [-0.2, -0.15) is 0 Å². The zero-order chi connectivity index (χ0) is 19.5. The fourth-order valence-electron chi connectivity index (χ4n) is 3.58. The second-order valence-electron chi connectivity index (χ2n) is 7.08. The van der Waals surface area contributed by atoms with Crippen molar-refractivity contribution in [3.05, 3.63) is 77.3 Å². The summed E-state index contributed by atoms with van der Waals surface area (Å²) in [5.41, 5.74) is 2.04. The van der Waals surface area contributed by atoms with E-state index < -0.39 is 0 Å². The average Bonchev–Trinajstić information content (AvgIpc) is 3.16. The summed E-state index contributed by atoms with van der Waals surface area (Å²) in [5, 5.41) is 0. The molecule has 3 heterocycles. The third kappa shape index (κ3) is 3.93. The number of hydrogen-bond donors (Lipinski definition) is 0. The predicted octanol–water partition coefficient (Wildman–Crippen LogP) is 3.52. The van der Waals surface area contributed by atoms with Gasteiger partial charge in [0.2, 0.25) is 0 Å². The molecule has 1 amide bonds. The number of likely N-dealkylation sites (tertiary alicyclic amines) is 1. The number of aromatic nitrogens is 3. The molecule has 0 aliphatic carbocycles. The first kappa shape index (κ1) is 18.3. The lowest BCUT2D eigenvalue weighted by atomic mass is 9.97. The number of oxazole rings is 1. The highest BCUT2D eigenvalue weighted by Crippen LogP contribution is 2.28. The Hall–Kier alpha value is -3.09. The molecule has 4 rings (SSSR count). The molecule has 0 saturated carbocycles. The maximum Gasteiger partial charge on any atom is 0.257 e. The number of benzene rings is 1. The summed E-state index contributed by atoms with van der Waals surface area (Å²) in [5.74, 6) is 1.04. The number of piperidine rings is 1. The number of rotatable bonds is 4. The normalized spacial score (nSPS) is 16.9. The molecule has 144 valence electrons. The summed E-state index contributed by atoms with van der Waals surface area (Å²) < 4.78 is 19.3. The van der Waals surface area contributed by atoms with Gasteiger partial charge in [-0.1, -0.05) is 12.1 Å². The van der Waals surface area contributed by atoms with Crippen molar-refractivity contribution in [2.24, 2.45) is 0 Å². The van der Waals surface area contributed by atoms with E-state index in [9.17, 15) is 9.18 Å². The van der Waals surface area contributed by atoms with Crippen molar-refractivity contribution in [1.82, 2.24) is 19.9 Å². The Bertz CT molecular complexity index is 988. The van der Waals surface area contributed by atoms with Crippen LogP contribution in [0.15, 0.2) is 47.4 Å². The van der Waals surface area contributed by atoms with Crippen molar-refractivity contribution in [1.29, 1.82) is 0 Å². The molecule has 0 spiro atoms. The van der Waals surface area contributed by atoms with Gasteiger partial charge in [-0.05, 0) is 37.5 Å². The van der Waals surface area contributed by atoms with Gasteiger partial charge < -0.3 is 9.32 Å². The van der Waals surface area contributed by atoms with Crippen LogP contribution in [-0.2, 0) is 6.42 Å². The maximum atomic E-state index is 13.4. The monoisotopic (exact) mass is 380 g/mol. The highest BCUT2D eigenvalue weighted by atomic mass is 19.1. The predicted molar refractivity (Wildman–Crippen MR) is 100 cm³/mol. The summed E-state index contributed by atoms with van der Waals surface area (Å²) in [6.07, 6.45) is 6.98. The molecule has 2 aromatic heterocycles. The van der Waals surface area contributed by atoms with Crippen LogP contribution in [0.3, 0.4) is 0 Å². The molecular formula is C21H21FN4O2. The van der Waals surface area contributed by atoms with Crippen LogP contribution in [0.5, 0.6) is 0 Å². The Labute approximate surface area is 162 Å². The van der Waals surface area contributed by atoms with E-state index in [1.807, 2.05) is 17.9 Å². The SMILES string of the molecule is Cc1ncncc1C(=O)N1CCCC(c2ncc(Cc3cccc(F)c3)o2)C1. The Kier molecular flexibility index (Phi) is 5.14. The molecule has 1 unspecified atom stereocenters. The molecule has 28 heavy (non-hydrogen) atoms. The Morgan fingerprint density at radius 2 is 2.21 bits per heavy atom. The van der Waals surface area contributed by atoms with Gasteiger partial charge in [0, 0.05) is 25.7 Å². The quantitative estimate of drug-likeness (QED) is 0.692. The number of aryl methyl sites for hydroxylation is 1. The first-order chi connectivity index (χ1) is 13.6. The standard InChI is InChI=1S/C21H21FN4O2/c1-14-19(11-23-13-25-14)21(27)26-7-3-5-16(12-26)20-24-10-18(28-20)9-15-4-2-6-17(22)8-15/h2,4,6,8,10-11,13,16H,3,5,7,9,12H2,1H3. The lowest BCUT2D eigenvalue weighted by Crippen LogP contribution is -2.39. The number of halogens is 1. The lowest BCUT2D eigenvalue weighted by molar-refractivity contribution is 0.0696. The molecule has 1 saturated heterocycles. The van der Waals surface area contributed by atoms with Crippen molar-refractivity contribution in [2.75, 3.05) is 13.1 Å². The van der Waals surface area contributed by atoms with Crippen LogP contribution in [-0.4, -0.2) is 38.8 Å². The van der Waals surface area contributed by atoms with Gasteiger partial charge in [-0.15, -0.1) is 0 Å². The van der Waals surface area contributed by atoms with Gasteiger partial charge in [0.1, 0.15) is 17.9 Å². The van der Waals surface area contributed by atoms with Gasteiger partial charge in [0.05, 0.1) is 23.4 Å². The fraction of sp³-hybridized carbons (Fsp3) is 0.333. The van der Waals surface area contributed by atoms with Crippen molar-refractivity contribution in [3.63, 3.8) is 0 Å². The highest BCUT2D eigenvalue weighted by molar-refractivity contribution is 5.95. The van der Waals surface area contributed by atoms with E-state index in [0.29, 0.717) is 42.4 Å². The summed E-state index contributed by atoms with van der Waals surface area (Å²) in [6.45, 7) is 3.05. The Morgan fingerprint density at radius 3 is 3.04 bits per heavy atom. The van der Waals surface area contributed by atoms with Crippen molar-refractivity contribution in [2.45, 2.75) is 32.1 Å². The molecule has 3 aromatic rings. The minimum absolute atomic E-state index is 0.0453. The first-order valence-corrected chi connectivity index (χ1v) is 9.35. The van der Waals surface area contributed by atoms with E-state index in [1.54, 1.807) is 18.5 Å². The summed E-state index contributed by atoms with van der Waals surface area (Å²) in [6, 6.07) is 6.45. The number of carbonyl (C=O) groups excluding carboxylic acids is 1. The van der Waals surface area contributed by atoms with E-state index in [0.717, 1.165) is 18.4 Å². The second kappa shape index (κ2) is 7.88. The highest BCUT2D eigenvalue weighted by Gasteiger charge is 2.29. The first-order valence-electron chi connectivity index (χ1n) is 9.35. The van der Waals surface area contributed by atoms with E-state index >= 15 is 0 Å². The number of amides is 1. The molecule has 1 atom stereocenters. The molecule has 1 aliphatic rings. The molecule has 7 heteroatoms. The van der Waals surface area contributed by atoms with Crippen LogP contribution in [0.25, 0.3) is 0 Å². The lowest BCUT2D eigenvalue weighted by Gasteiger charge is -2.31. The number of hydrogen-bond acceptors (Lipinski definition) is 5. The smallest absolute Gasteiger partial charge is 0.257 e. The molecular weight excluding hydrogens is 359 g/mol. The molecule has 1 fully saturated rings. The minimum atomic E-state index is -0.265. The van der Waals surface area contributed by atoms with Crippen LogP contribution < -0.4 is 0 Å². The maximum absolute atomic E-state index is 13.4. The van der Waals surface area contributed by atoms with Crippen molar-refractivity contribution >= 4 is 5.91 Å². The van der Waals surface area contributed by atoms with Crippen molar-refractivity contribution in [3.8, 4) is 0 Å². The third-order valence-electron chi connectivity index (χ3n) is 5.04. The Balaban J connectivity index is 1.46. The average molecular weight is 380 g/mol.